The highest BCUT2D eigenvalue weighted by Crippen LogP contribution is 2.37. The third kappa shape index (κ3) is 4.39. The summed E-state index contributed by atoms with van der Waals surface area (Å²) >= 11 is 0. The second kappa shape index (κ2) is 8.86. The fraction of sp³-hybridized carbons (Fsp3) is 0.429. The quantitative estimate of drug-likeness (QED) is 0.807. The number of benzene rings is 1. The summed E-state index contributed by atoms with van der Waals surface area (Å²) in [6.07, 6.45) is 3.82. The first-order valence-electron chi connectivity index (χ1n) is 9.30. The number of aromatic nitrogens is 1. The lowest BCUT2D eigenvalue weighted by molar-refractivity contribution is -0.125. The lowest BCUT2D eigenvalue weighted by Crippen LogP contribution is -2.44. The van der Waals surface area contributed by atoms with Crippen molar-refractivity contribution in [3.63, 3.8) is 0 Å². The Balaban J connectivity index is 1.79. The van der Waals surface area contributed by atoms with Gasteiger partial charge in [0, 0.05) is 19.3 Å². The molecule has 1 aromatic heterocycles. The van der Waals surface area contributed by atoms with E-state index in [0.29, 0.717) is 44.2 Å². The Morgan fingerprint density at radius 3 is 2.52 bits per heavy atom. The minimum Gasteiger partial charge on any atom is -0.497 e. The van der Waals surface area contributed by atoms with Gasteiger partial charge in [0.05, 0.1) is 31.0 Å². The van der Waals surface area contributed by atoms with Gasteiger partial charge >= 0.3 is 0 Å². The topological polar surface area (TPSA) is 69.7 Å². The van der Waals surface area contributed by atoms with Crippen LogP contribution in [0.25, 0.3) is 0 Å². The van der Waals surface area contributed by atoms with Crippen molar-refractivity contribution in [2.45, 2.75) is 31.6 Å². The van der Waals surface area contributed by atoms with Crippen LogP contribution in [0, 0.1) is 0 Å². The van der Waals surface area contributed by atoms with E-state index in [1.54, 1.807) is 19.4 Å². The average molecular weight is 370 g/mol. The number of methoxy groups -OCH3 is 1. The first-order valence-corrected chi connectivity index (χ1v) is 9.30. The van der Waals surface area contributed by atoms with E-state index in [1.807, 2.05) is 37.3 Å². The Kier molecular flexibility index (Phi) is 6.29. The molecule has 1 aliphatic heterocycles. The van der Waals surface area contributed by atoms with E-state index in [9.17, 15) is 4.79 Å². The number of amides is 1. The lowest BCUT2D eigenvalue weighted by atomic mass is 9.73. The summed E-state index contributed by atoms with van der Waals surface area (Å²) in [6, 6.07) is 11.3. The van der Waals surface area contributed by atoms with Crippen molar-refractivity contribution in [1.29, 1.82) is 0 Å². The SMILES string of the molecule is CCCOc1ccc(NC(=O)C2(c3ccc(OC)cc3)CCOCC2)cn1. The molecule has 144 valence electrons. The van der Waals surface area contributed by atoms with Crippen LogP contribution in [-0.4, -0.2) is 37.8 Å². The first kappa shape index (κ1) is 19.2. The zero-order chi connectivity index (χ0) is 19.1. The summed E-state index contributed by atoms with van der Waals surface area (Å²) in [4.78, 5) is 17.5. The molecule has 0 atom stereocenters. The van der Waals surface area contributed by atoms with Crippen molar-refractivity contribution in [3.05, 3.63) is 48.2 Å². The Bertz CT molecular complexity index is 738. The molecular formula is C21H26N2O4. The maximum Gasteiger partial charge on any atom is 0.235 e. The number of pyridine rings is 1. The molecule has 27 heavy (non-hydrogen) atoms. The standard InChI is InChI=1S/C21H26N2O4/c1-3-12-27-19-9-6-17(15-22-19)23-20(24)21(10-13-26-14-11-21)16-4-7-18(25-2)8-5-16/h4-9,15H,3,10-14H2,1-2H3,(H,23,24). The summed E-state index contributed by atoms with van der Waals surface area (Å²) in [6.45, 7) is 3.78. The molecule has 1 aliphatic rings. The van der Waals surface area contributed by atoms with Gasteiger partial charge in [-0.05, 0) is 43.0 Å². The molecule has 1 N–H and O–H groups in total. The third-order valence-electron chi connectivity index (χ3n) is 4.87. The molecule has 2 heterocycles. The normalized spacial score (nSPS) is 15.8. The largest absolute Gasteiger partial charge is 0.497 e. The van der Waals surface area contributed by atoms with Gasteiger partial charge in [-0.25, -0.2) is 4.98 Å². The molecule has 3 rings (SSSR count). The van der Waals surface area contributed by atoms with Crippen molar-refractivity contribution in [2.24, 2.45) is 0 Å². The van der Waals surface area contributed by atoms with E-state index in [2.05, 4.69) is 10.3 Å². The predicted molar refractivity (Wildman–Crippen MR) is 103 cm³/mol. The van der Waals surface area contributed by atoms with Crippen molar-refractivity contribution in [1.82, 2.24) is 4.98 Å². The molecule has 0 unspecified atom stereocenters. The van der Waals surface area contributed by atoms with E-state index in [0.717, 1.165) is 17.7 Å². The zero-order valence-electron chi connectivity index (χ0n) is 15.9. The van der Waals surface area contributed by atoms with Gasteiger partial charge in [0.2, 0.25) is 11.8 Å². The third-order valence-corrected chi connectivity index (χ3v) is 4.87. The monoisotopic (exact) mass is 370 g/mol. The van der Waals surface area contributed by atoms with Gasteiger partial charge in [-0.1, -0.05) is 19.1 Å². The molecule has 0 saturated carbocycles. The Morgan fingerprint density at radius 2 is 1.93 bits per heavy atom. The summed E-state index contributed by atoms with van der Waals surface area (Å²) in [5.74, 6) is 1.29. The Hall–Kier alpha value is -2.60. The number of ether oxygens (including phenoxy) is 3. The van der Waals surface area contributed by atoms with Gasteiger partial charge in [0.1, 0.15) is 5.75 Å². The van der Waals surface area contributed by atoms with Crippen LogP contribution in [0.15, 0.2) is 42.6 Å². The number of nitrogens with zero attached hydrogens (tertiary/aromatic N) is 1. The smallest absolute Gasteiger partial charge is 0.235 e. The van der Waals surface area contributed by atoms with Gasteiger partial charge in [0.15, 0.2) is 0 Å². The summed E-state index contributed by atoms with van der Waals surface area (Å²) < 4.78 is 16.2. The molecule has 1 aromatic carbocycles. The molecule has 1 saturated heterocycles. The maximum atomic E-state index is 13.2. The zero-order valence-corrected chi connectivity index (χ0v) is 15.9. The number of carbonyl (C=O) groups is 1. The van der Waals surface area contributed by atoms with Gasteiger partial charge in [0.25, 0.3) is 0 Å². The van der Waals surface area contributed by atoms with Crippen molar-refractivity contribution >= 4 is 11.6 Å². The highest BCUT2D eigenvalue weighted by Gasteiger charge is 2.41. The predicted octanol–water partition coefficient (Wildman–Crippen LogP) is 3.57. The fourth-order valence-corrected chi connectivity index (χ4v) is 3.27. The summed E-state index contributed by atoms with van der Waals surface area (Å²) in [5, 5.41) is 3.02. The Labute approximate surface area is 159 Å². The molecule has 0 bridgehead atoms. The molecule has 0 radical (unpaired) electrons. The number of anilines is 1. The minimum absolute atomic E-state index is 0.0417. The molecule has 6 heteroatoms. The van der Waals surface area contributed by atoms with Crippen LogP contribution in [0.4, 0.5) is 5.69 Å². The van der Waals surface area contributed by atoms with Crippen LogP contribution in [0.3, 0.4) is 0 Å². The maximum absolute atomic E-state index is 13.2. The van der Waals surface area contributed by atoms with Crippen LogP contribution < -0.4 is 14.8 Å². The fourth-order valence-electron chi connectivity index (χ4n) is 3.27. The summed E-state index contributed by atoms with van der Waals surface area (Å²) in [5.41, 5.74) is 1.00. The molecule has 0 spiro atoms. The summed E-state index contributed by atoms with van der Waals surface area (Å²) in [7, 11) is 1.63. The number of carbonyl (C=O) groups excluding carboxylic acids is 1. The van der Waals surface area contributed by atoms with E-state index < -0.39 is 5.41 Å². The van der Waals surface area contributed by atoms with Crippen molar-refractivity contribution < 1.29 is 19.0 Å². The molecule has 1 amide bonds. The van der Waals surface area contributed by atoms with Gasteiger partial charge in [-0.15, -0.1) is 0 Å². The number of rotatable bonds is 7. The van der Waals surface area contributed by atoms with Crippen LogP contribution in [-0.2, 0) is 14.9 Å². The van der Waals surface area contributed by atoms with Crippen LogP contribution >= 0.6 is 0 Å². The first-order chi connectivity index (χ1) is 13.2. The number of hydrogen-bond acceptors (Lipinski definition) is 5. The Morgan fingerprint density at radius 1 is 1.19 bits per heavy atom. The molecule has 0 aliphatic carbocycles. The van der Waals surface area contributed by atoms with E-state index in [-0.39, 0.29) is 5.91 Å². The van der Waals surface area contributed by atoms with Gasteiger partial charge < -0.3 is 19.5 Å². The molecule has 2 aromatic rings. The average Bonchev–Trinajstić information content (AvgIpc) is 2.73. The second-order valence-corrected chi connectivity index (χ2v) is 6.61. The van der Waals surface area contributed by atoms with Crippen molar-refractivity contribution in [2.75, 3.05) is 32.2 Å². The van der Waals surface area contributed by atoms with Crippen molar-refractivity contribution in [3.8, 4) is 11.6 Å². The van der Waals surface area contributed by atoms with Gasteiger partial charge in [-0.3, -0.25) is 4.79 Å². The highest BCUT2D eigenvalue weighted by atomic mass is 16.5. The van der Waals surface area contributed by atoms with Crippen LogP contribution in [0.1, 0.15) is 31.7 Å². The molecule has 1 fully saturated rings. The van der Waals surface area contributed by atoms with Gasteiger partial charge in [-0.2, -0.15) is 0 Å². The van der Waals surface area contributed by atoms with Crippen LogP contribution in [0.2, 0.25) is 0 Å². The molecule has 6 nitrogen and oxygen atoms in total. The van der Waals surface area contributed by atoms with E-state index in [1.165, 1.54) is 0 Å². The molecular weight excluding hydrogens is 344 g/mol. The minimum atomic E-state index is -0.623. The number of nitrogens with one attached hydrogen (secondary N) is 1. The second-order valence-electron chi connectivity index (χ2n) is 6.61. The number of hydrogen-bond donors (Lipinski definition) is 1. The highest BCUT2D eigenvalue weighted by molar-refractivity contribution is 5.99. The lowest BCUT2D eigenvalue weighted by Gasteiger charge is -2.36. The van der Waals surface area contributed by atoms with E-state index >= 15 is 0 Å². The van der Waals surface area contributed by atoms with E-state index in [4.69, 9.17) is 14.2 Å². The van der Waals surface area contributed by atoms with Crippen LogP contribution in [0.5, 0.6) is 11.6 Å².